The van der Waals surface area contributed by atoms with Crippen molar-refractivity contribution in [2.45, 2.75) is 34.1 Å². The van der Waals surface area contributed by atoms with Gasteiger partial charge in [-0.1, -0.05) is 6.92 Å². The van der Waals surface area contributed by atoms with Crippen molar-refractivity contribution >= 4 is 17.7 Å². The first-order valence-corrected chi connectivity index (χ1v) is 7.35. The van der Waals surface area contributed by atoms with Crippen LogP contribution in [0.25, 0.3) is 0 Å². The SMILES string of the molecule is CCC(=O)N(CC)CC(=O)c1c(C)c(C(=O)OC)n(C)c1C. The second-order valence-corrected chi connectivity index (χ2v) is 5.17. The molecule has 0 saturated carbocycles. The van der Waals surface area contributed by atoms with Crippen molar-refractivity contribution in [3.63, 3.8) is 0 Å². The minimum absolute atomic E-state index is 0.0233. The number of amides is 1. The van der Waals surface area contributed by atoms with E-state index in [1.165, 1.54) is 12.0 Å². The molecule has 0 atom stereocenters. The Balaban J connectivity index is 3.19. The van der Waals surface area contributed by atoms with Gasteiger partial charge in [0, 0.05) is 31.3 Å². The Kier molecular flexibility index (Phi) is 5.91. The normalized spacial score (nSPS) is 10.5. The summed E-state index contributed by atoms with van der Waals surface area (Å²) in [6, 6.07) is 0. The van der Waals surface area contributed by atoms with Crippen LogP contribution in [0.3, 0.4) is 0 Å². The van der Waals surface area contributed by atoms with E-state index in [0.717, 1.165) is 0 Å². The van der Waals surface area contributed by atoms with Crippen LogP contribution in [0.4, 0.5) is 0 Å². The average molecular weight is 308 g/mol. The third-order valence-electron chi connectivity index (χ3n) is 3.96. The molecule has 0 saturated heterocycles. The number of ketones is 1. The highest BCUT2D eigenvalue weighted by atomic mass is 16.5. The van der Waals surface area contributed by atoms with Gasteiger partial charge in [-0.05, 0) is 26.3 Å². The van der Waals surface area contributed by atoms with Crippen LogP contribution in [0.5, 0.6) is 0 Å². The fraction of sp³-hybridized carbons (Fsp3) is 0.562. The molecular weight excluding hydrogens is 284 g/mol. The third kappa shape index (κ3) is 3.21. The number of carbonyl (C=O) groups excluding carboxylic acids is 3. The van der Waals surface area contributed by atoms with Crippen LogP contribution in [0, 0.1) is 13.8 Å². The van der Waals surface area contributed by atoms with E-state index in [2.05, 4.69) is 0 Å². The van der Waals surface area contributed by atoms with Crippen LogP contribution in [-0.4, -0.2) is 47.3 Å². The topological polar surface area (TPSA) is 68.6 Å². The summed E-state index contributed by atoms with van der Waals surface area (Å²) in [5.74, 6) is -0.696. The highest BCUT2D eigenvalue weighted by molar-refractivity contribution is 6.04. The molecule has 6 nitrogen and oxygen atoms in total. The fourth-order valence-electron chi connectivity index (χ4n) is 2.63. The van der Waals surface area contributed by atoms with Gasteiger partial charge < -0.3 is 14.2 Å². The number of hydrogen-bond acceptors (Lipinski definition) is 4. The second-order valence-electron chi connectivity index (χ2n) is 5.17. The quantitative estimate of drug-likeness (QED) is 0.594. The van der Waals surface area contributed by atoms with E-state index in [1.54, 1.807) is 32.4 Å². The van der Waals surface area contributed by atoms with Crippen LogP contribution in [-0.2, 0) is 16.6 Å². The lowest BCUT2D eigenvalue weighted by Crippen LogP contribution is -2.35. The summed E-state index contributed by atoms with van der Waals surface area (Å²) in [6.45, 7) is 7.62. The predicted octanol–water partition coefficient (Wildman–Crippen LogP) is 1.87. The molecule has 0 spiro atoms. The molecule has 0 aliphatic carbocycles. The van der Waals surface area contributed by atoms with Gasteiger partial charge in [-0.2, -0.15) is 0 Å². The first-order valence-electron chi connectivity index (χ1n) is 7.35. The summed E-state index contributed by atoms with van der Waals surface area (Å²) >= 11 is 0. The lowest BCUT2D eigenvalue weighted by atomic mass is 10.1. The molecule has 0 bridgehead atoms. The molecule has 0 radical (unpaired) electrons. The average Bonchev–Trinajstić information content (AvgIpc) is 2.73. The predicted molar refractivity (Wildman–Crippen MR) is 83.1 cm³/mol. The first-order chi connectivity index (χ1) is 10.3. The van der Waals surface area contributed by atoms with Crippen molar-refractivity contribution in [1.82, 2.24) is 9.47 Å². The number of likely N-dealkylation sites (N-methyl/N-ethyl adjacent to an activating group) is 1. The summed E-state index contributed by atoms with van der Waals surface area (Å²) in [7, 11) is 3.03. The Hall–Kier alpha value is -2.11. The Labute approximate surface area is 131 Å². The van der Waals surface area contributed by atoms with Crippen molar-refractivity contribution in [3.05, 3.63) is 22.5 Å². The van der Waals surface area contributed by atoms with Crippen molar-refractivity contribution in [2.75, 3.05) is 20.2 Å². The standard InChI is InChI=1S/C16H24N2O4/c1-7-13(20)18(8-2)9-12(19)14-10(3)15(16(21)22-6)17(5)11(14)4/h7-9H2,1-6H3. The Morgan fingerprint density at radius 3 is 2.23 bits per heavy atom. The zero-order valence-corrected chi connectivity index (χ0v) is 14.1. The molecule has 1 heterocycles. The molecule has 0 fully saturated rings. The van der Waals surface area contributed by atoms with Gasteiger partial charge >= 0.3 is 5.97 Å². The summed E-state index contributed by atoms with van der Waals surface area (Å²) in [5.41, 5.74) is 2.15. The van der Waals surface area contributed by atoms with E-state index in [4.69, 9.17) is 4.74 Å². The maximum atomic E-state index is 12.6. The smallest absolute Gasteiger partial charge is 0.354 e. The van der Waals surface area contributed by atoms with Crippen molar-refractivity contribution in [1.29, 1.82) is 0 Å². The highest BCUT2D eigenvalue weighted by Crippen LogP contribution is 2.22. The molecule has 1 rings (SSSR count). The number of aromatic nitrogens is 1. The Bertz CT molecular complexity index is 602. The molecule has 6 heteroatoms. The van der Waals surface area contributed by atoms with E-state index in [0.29, 0.717) is 35.5 Å². The second kappa shape index (κ2) is 7.24. The molecule has 0 aromatic carbocycles. The molecule has 1 aromatic rings. The molecule has 0 N–H and O–H groups in total. The largest absolute Gasteiger partial charge is 0.464 e. The van der Waals surface area contributed by atoms with Crippen LogP contribution >= 0.6 is 0 Å². The summed E-state index contributed by atoms with van der Waals surface area (Å²) in [6.07, 6.45) is 0.362. The van der Waals surface area contributed by atoms with E-state index >= 15 is 0 Å². The molecule has 0 aliphatic rings. The van der Waals surface area contributed by atoms with Gasteiger partial charge in [-0.3, -0.25) is 9.59 Å². The van der Waals surface area contributed by atoms with Crippen molar-refractivity contribution in [2.24, 2.45) is 7.05 Å². The monoisotopic (exact) mass is 308 g/mol. The summed E-state index contributed by atoms with van der Waals surface area (Å²) < 4.78 is 6.43. The van der Waals surface area contributed by atoms with Gasteiger partial charge in [-0.15, -0.1) is 0 Å². The number of ether oxygens (including phenoxy) is 1. The van der Waals surface area contributed by atoms with E-state index in [-0.39, 0.29) is 18.2 Å². The van der Waals surface area contributed by atoms with Gasteiger partial charge in [0.25, 0.3) is 0 Å². The van der Waals surface area contributed by atoms with E-state index in [1.807, 2.05) is 6.92 Å². The maximum Gasteiger partial charge on any atom is 0.354 e. The number of methoxy groups -OCH3 is 1. The number of hydrogen-bond donors (Lipinski definition) is 0. The number of esters is 1. The zero-order chi connectivity index (χ0) is 17.0. The van der Waals surface area contributed by atoms with Gasteiger partial charge in [0.2, 0.25) is 5.91 Å². The van der Waals surface area contributed by atoms with Crippen molar-refractivity contribution < 1.29 is 19.1 Å². The molecule has 0 aliphatic heterocycles. The van der Waals surface area contributed by atoms with Crippen molar-refractivity contribution in [3.8, 4) is 0 Å². The minimum atomic E-state index is -0.473. The molecular formula is C16H24N2O4. The summed E-state index contributed by atoms with van der Waals surface area (Å²) in [5, 5.41) is 0. The third-order valence-corrected chi connectivity index (χ3v) is 3.96. The van der Waals surface area contributed by atoms with Crippen LogP contribution in [0.2, 0.25) is 0 Å². The van der Waals surface area contributed by atoms with Crippen LogP contribution < -0.4 is 0 Å². The fourth-order valence-corrected chi connectivity index (χ4v) is 2.63. The highest BCUT2D eigenvalue weighted by Gasteiger charge is 2.26. The number of Topliss-reactive ketones (excluding diaryl/α,β-unsaturated/α-hetero) is 1. The van der Waals surface area contributed by atoms with Gasteiger partial charge in [0.05, 0.1) is 13.7 Å². The number of rotatable bonds is 6. The van der Waals surface area contributed by atoms with Gasteiger partial charge in [-0.25, -0.2) is 4.79 Å². The van der Waals surface area contributed by atoms with Crippen LogP contribution in [0.1, 0.15) is 52.4 Å². The number of carbonyl (C=O) groups is 3. The van der Waals surface area contributed by atoms with Gasteiger partial charge in [0.1, 0.15) is 5.69 Å². The molecule has 122 valence electrons. The molecule has 1 amide bonds. The summed E-state index contributed by atoms with van der Waals surface area (Å²) in [4.78, 5) is 37.8. The molecule has 22 heavy (non-hydrogen) atoms. The molecule has 0 unspecified atom stereocenters. The van der Waals surface area contributed by atoms with Gasteiger partial charge in [0.15, 0.2) is 5.78 Å². The Morgan fingerprint density at radius 2 is 1.77 bits per heavy atom. The zero-order valence-electron chi connectivity index (χ0n) is 14.1. The Morgan fingerprint density at radius 1 is 1.18 bits per heavy atom. The lowest BCUT2D eigenvalue weighted by Gasteiger charge is -2.19. The lowest BCUT2D eigenvalue weighted by molar-refractivity contribution is -0.130. The van der Waals surface area contributed by atoms with E-state index in [9.17, 15) is 14.4 Å². The minimum Gasteiger partial charge on any atom is -0.464 e. The maximum absolute atomic E-state index is 12.6. The first kappa shape index (κ1) is 17.9. The van der Waals surface area contributed by atoms with Crippen LogP contribution in [0.15, 0.2) is 0 Å². The number of nitrogens with zero attached hydrogens (tertiary/aromatic N) is 2. The molecule has 1 aromatic heterocycles. The van der Waals surface area contributed by atoms with E-state index < -0.39 is 5.97 Å².